The van der Waals surface area contributed by atoms with Gasteiger partial charge in [0.15, 0.2) is 5.78 Å². The molecule has 1 aromatic carbocycles. The van der Waals surface area contributed by atoms with Crippen molar-refractivity contribution in [3.8, 4) is 0 Å². The van der Waals surface area contributed by atoms with Crippen LogP contribution in [0.4, 0.5) is 0 Å². The summed E-state index contributed by atoms with van der Waals surface area (Å²) >= 11 is 3.21. The Bertz CT molecular complexity index is 755. The lowest BCUT2D eigenvalue weighted by Gasteiger charge is -2.11. The SMILES string of the molecule is Cc1cc(C)c(C(=O)Cn2cnc(C)c(Br)c2=O)c(C)c1. The molecular weight excluding hydrogens is 332 g/mol. The van der Waals surface area contributed by atoms with E-state index in [1.54, 1.807) is 6.92 Å². The van der Waals surface area contributed by atoms with Crippen LogP contribution in [-0.2, 0) is 6.54 Å². The predicted molar refractivity (Wildman–Crippen MR) is 85.9 cm³/mol. The summed E-state index contributed by atoms with van der Waals surface area (Å²) in [4.78, 5) is 28.7. The molecule has 21 heavy (non-hydrogen) atoms. The van der Waals surface area contributed by atoms with Crippen molar-refractivity contribution in [2.45, 2.75) is 34.2 Å². The molecule has 0 N–H and O–H groups in total. The molecule has 0 spiro atoms. The summed E-state index contributed by atoms with van der Waals surface area (Å²) in [5.41, 5.74) is 4.06. The van der Waals surface area contributed by atoms with Gasteiger partial charge in [0, 0.05) is 5.56 Å². The molecule has 0 fully saturated rings. The van der Waals surface area contributed by atoms with E-state index in [1.807, 2.05) is 32.9 Å². The Hall–Kier alpha value is -1.75. The highest BCUT2D eigenvalue weighted by Crippen LogP contribution is 2.17. The first-order chi connectivity index (χ1) is 9.81. The molecule has 5 heteroatoms. The summed E-state index contributed by atoms with van der Waals surface area (Å²) in [6.45, 7) is 7.57. The second kappa shape index (κ2) is 5.93. The van der Waals surface area contributed by atoms with E-state index in [0.29, 0.717) is 15.7 Å². The van der Waals surface area contributed by atoms with Gasteiger partial charge in [-0.05, 0) is 54.8 Å². The van der Waals surface area contributed by atoms with Gasteiger partial charge < -0.3 is 0 Å². The molecule has 2 aromatic rings. The number of hydrogen-bond donors (Lipinski definition) is 0. The quantitative estimate of drug-likeness (QED) is 0.800. The molecule has 0 bridgehead atoms. The maximum absolute atomic E-state index is 12.5. The number of aromatic nitrogens is 2. The summed E-state index contributed by atoms with van der Waals surface area (Å²) in [5, 5.41) is 0. The van der Waals surface area contributed by atoms with Gasteiger partial charge >= 0.3 is 0 Å². The average molecular weight is 349 g/mol. The zero-order valence-electron chi connectivity index (χ0n) is 12.5. The molecular formula is C16H17BrN2O2. The molecule has 4 nitrogen and oxygen atoms in total. The zero-order valence-corrected chi connectivity index (χ0v) is 14.1. The van der Waals surface area contributed by atoms with E-state index in [1.165, 1.54) is 10.9 Å². The fraction of sp³-hybridized carbons (Fsp3) is 0.312. The van der Waals surface area contributed by atoms with Crippen LogP contribution < -0.4 is 5.56 Å². The van der Waals surface area contributed by atoms with E-state index in [-0.39, 0.29) is 17.9 Å². The molecule has 1 heterocycles. The zero-order chi connectivity index (χ0) is 15.7. The topological polar surface area (TPSA) is 52.0 Å². The van der Waals surface area contributed by atoms with Crippen LogP contribution in [0.3, 0.4) is 0 Å². The molecule has 0 aliphatic rings. The van der Waals surface area contributed by atoms with Crippen LogP contribution in [0.5, 0.6) is 0 Å². The van der Waals surface area contributed by atoms with Crippen LogP contribution >= 0.6 is 15.9 Å². The molecule has 2 rings (SSSR count). The van der Waals surface area contributed by atoms with Gasteiger partial charge in [0.2, 0.25) is 0 Å². The Kier molecular flexibility index (Phi) is 4.42. The number of benzene rings is 1. The van der Waals surface area contributed by atoms with Gasteiger partial charge in [-0.25, -0.2) is 4.98 Å². The summed E-state index contributed by atoms with van der Waals surface area (Å²) in [7, 11) is 0. The number of carbonyl (C=O) groups excluding carboxylic acids is 1. The van der Waals surface area contributed by atoms with Gasteiger partial charge in [-0.15, -0.1) is 0 Å². The number of aryl methyl sites for hydroxylation is 4. The monoisotopic (exact) mass is 348 g/mol. The summed E-state index contributed by atoms with van der Waals surface area (Å²) in [6, 6.07) is 3.96. The van der Waals surface area contributed by atoms with E-state index >= 15 is 0 Å². The third-order valence-corrected chi connectivity index (χ3v) is 4.34. The number of halogens is 1. The molecule has 0 atom stereocenters. The van der Waals surface area contributed by atoms with Crippen molar-refractivity contribution in [2.24, 2.45) is 0 Å². The smallest absolute Gasteiger partial charge is 0.268 e. The number of rotatable bonds is 3. The number of carbonyl (C=O) groups is 1. The lowest BCUT2D eigenvalue weighted by atomic mass is 9.96. The minimum Gasteiger partial charge on any atom is -0.292 e. The van der Waals surface area contributed by atoms with Gasteiger partial charge in [0.25, 0.3) is 5.56 Å². The molecule has 0 saturated carbocycles. The van der Waals surface area contributed by atoms with E-state index in [9.17, 15) is 9.59 Å². The van der Waals surface area contributed by atoms with Crippen molar-refractivity contribution in [1.29, 1.82) is 0 Å². The molecule has 1 aromatic heterocycles. The lowest BCUT2D eigenvalue weighted by Crippen LogP contribution is -2.26. The summed E-state index contributed by atoms with van der Waals surface area (Å²) < 4.78 is 1.73. The highest BCUT2D eigenvalue weighted by atomic mass is 79.9. The highest BCUT2D eigenvalue weighted by Gasteiger charge is 2.15. The van der Waals surface area contributed by atoms with Crippen LogP contribution in [0.15, 0.2) is 27.7 Å². The minimum absolute atomic E-state index is 0.00451. The van der Waals surface area contributed by atoms with Gasteiger partial charge in [-0.3, -0.25) is 14.2 Å². The van der Waals surface area contributed by atoms with Crippen LogP contribution in [0.1, 0.15) is 32.7 Å². The van der Waals surface area contributed by atoms with Crippen LogP contribution in [0.2, 0.25) is 0 Å². The predicted octanol–water partition coefficient (Wildman–Crippen LogP) is 3.12. The molecule has 0 saturated heterocycles. The summed E-state index contributed by atoms with van der Waals surface area (Å²) in [6.07, 6.45) is 1.42. The van der Waals surface area contributed by atoms with Crippen molar-refractivity contribution < 1.29 is 4.79 Å². The number of ketones is 1. The van der Waals surface area contributed by atoms with Gasteiger partial charge in [0.1, 0.15) is 4.47 Å². The molecule has 0 radical (unpaired) electrons. The molecule has 0 aliphatic carbocycles. The van der Waals surface area contributed by atoms with Crippen molar-refractivity contribution >= 4 is 21.7 Å². The van der Waals surface area contributed by atoms with Crippen LogP contribution in [-0.4, -0.2) is 15.3 Å². The van der Waals surface area contributed by atoms with Crippen LogP contribution in [0.25, 0.3) is 0 Å². The van der Waals surface area contributed by atoms with Crippen molar-refractivity contribution in [1.82, 2.24) is 9.55 Å². The normalized spacial score (nSPS) is 10.7. The number of hydrogen-bond acceptors (Lipinski definition) is 3. The maximum atomic E-state index is 12.5. The van der Waals surface area contributed by atoms with Gasteiger partial charge in [-0.1, -0.05) is 17.7 Å². The largest absolute Gasteiger partial charge is 0.292 e. The third-order valence-electron chi connectivity index (χ3n) is 3.43. The molecule has 110 valence electrons. The third kappa shape index (κ3) is 3.13. The van der Waals surface area contributed by atoms with E-state index < -0.39 is 0 Å². The molecule has 0 aliphatic heterocycles. The fourth-order valence-corrected chi connectivity index (χ4v) is 2.84. The molecule has 0 unspecified atom stereocenters. The minimum atomic E-state index is -0.238. The Morgan fingerprint density at radius 1 is 1.19 bits per heavy atom. The van der Waals surface area contributed by atoms with Crippen molar-refractivity contribution in [2.75, 3.05) is 0 Å². The maximum Gasteiger partial charge on any atom is 0.268 e. The Labute approximate surface area is 132 Å². The lowest BCUT2D eigenvalue weighted by molar-refractivity contribution is 0.0969. The van der Waals surface area contributed by atoms with Crippen molar-refractivity contribution in [3.63, 3.8) is 0 Å². The van der Waals surface area contributed by atoms with E-state index in [0.717, 1.165) is 16.7 Å². The Balaban J connectivity index is 2.40. The van der Waals surface area contributed by atoms with E-state index in [2.05, 4.69) is 20.9 Å². The summed E-state index contributed by atoms with van der Waals surface area (Å²) in [5.74, 6) is -0.0790. The van der Waals surface area contributed by atoms with Crippen LogP contribution in [0, 0.1) is 27.7 Å². The second-order valence-corrected chi connectivity index (χ2v) is 6.07. The van der Waals surface area contributed by atoms with Gasteiger partial charge in [0.05, 0.1) is 18.6 Å². The van der Waals surface area contributed by atoms with Crippen molar-refractivity contribution in [3.05, 3.63) is 61.2 Å². The average Bonchev–Trinajstić information content (AvgIpc) is 2.38. The van der Waals surface area contributed by atoms with E-state index in [4.69, 9.17) is 0 Å². The number of Topliss-reactive ketones (excluding diaryl/α,β-unsaturated/α-hetero) is 1. The van der Waals surface area contributed by atoms with Gasteiger partial charge in [-0.2, -0.15) is 0 Å². The standard InChI is InChI=1S/C16H17BrN2O2/c1-9-5-10(2)14(11(3)6-9)13(20)7-19-8-18-12(4)15(17)16(19)21/h5-6,8H,7H2,1-4H3. The fourth-order valence-electron chi connectivity index (χ4n) is 2.51. The first-order valence-corrected chi connectivity index (χ1v) is 7.43. The Morgan fingerprint density at radius 3 is 2.33 bits per heavy atom. The first-order valence-electron chi connectivity index (χ1n) is 6.64. The second-order valence-electron chi connectivity index (χ2n) is 5.27. The highest BCUT2D eigenvalue weighted by molar-refractivity contribution is 9.10. The number of nitrogens with zero attached hydrogens (tertiary/aromatic N) is 2. The molecule has 0 amide bonds. The Morgan fingerprint density at radius 2 is 1.76 bits per heavy atom. The first kappa shape index (κ1) is 15.6.